The van der Waals surface area contributed by atoms with E-state index in [9.17, 15) is 4.79 Å². The van der Waals surface area contributed by atoms with Gasteiger partial charge in [0.2, 0.25) is 0 Å². The Morgan fingerprint density at radius 1 is 1.50 bits per heavy atom. The van der Waals surface area contributed by atoms with Crippen LogP contribution in [0.15, 0.2) is 28.7 Å². The number of hydrogen-bond acceptors (Lipinski definition) is 2. The second-order valence-corrected chi connectivity index (χ2v) is 3.39. The van der Waals surface area contributed by atoms with Crippen LogP contribution in [0.2, 0.25) is 0 Å². The maximum Gasteiger partial charge on any atom is 0.164 e. The largest absolute Gasteiger partial charge is 0.330 e. The summed E-state index contributed by atoms with van der Waals surface area (Å²) in [5.41, 5.74) is 5.99. The van der Waals surface area contributed by atoms with Gasteiger partial charge in [0.1, 0.15) is 0 Å². The number of rotatable bonds is 3. The number of ketones is 1. The monoisotopic (exact) mass is 227 g/mol. The molecule has 0 heterocycles. The van der Waals surface area contributed by atoms with Gasteiger partial charge in [-0.25, -0.2) is 0 Å². The first kappa shape index (κ1) is 9.42. The lowest BCUT2D eigenvalue weighted by molar-refractivity contribution is 0.0985. The molecule has 0 aliphatic carbocycles. The molecule has 0 aliphatic heterocycles. The van der Waals surface area contributed by atoms with Crippen molar-refractivity contribution in [3.8, 4) is 0 Å². The first-order chi connectivity index (χ1) is 5.74. The molecule has 2 N–H and O–H groups in total. The molecule has 0 bridgehead atoms. The van der Waals surface area contributed by atoms with Crippen molar-refractivity contribution in [2.24, 2.45) is 5.73 Å². The number of halogens is 1. The molecule has 0 fully saturated rings. The van der Waals surface area contributed by atoms with Crippen molar-refractivity contribution in [1.29, 1.82) is 0 Å². The average Bonchev–Trinajstić information content (AvgIpc) is 2.05. The Balaban J connectivity index is 2.81. The van der Waals surface area contributed by atoms with E-state index in [0.717, 1.165) is 10.0 Å². The van der Waals surface area contributed by atoms with Gasteiger partial charge in [0.05, 0.1) is 0 Å². The van der Waals surface area contributed by atoms with Gasteiger partial charge >= 0.3 is 0 Å². The second kappa shape index (κ2) is 4.38. The summed E-state index contributed by atoms with van der Waals surface area (Å²) in [5.74, 6) is 0.0961. The number of nitrogens with two attached hydrogens (primary N) is 1. The second-order valence-electron chi connectivity index (χ2n) is 2.47. The Bertz CT molecular complexity index is 286. The fourth-order valence-electron chi connectivity index (χ4n) is 0.937. The summed E-state index contributed by atoms with van der Waals surface area (Å²) < 4.78 is 0.922. The summed E-state index contributed by atoms with van der Waals surface area (Å²) in [5, 5.41) is 0. The number of benzene rings is 1. The minimum absolute atomic E-state index is 0.0961. The third-order valence-corrected chi connectivity index (χ3v) is 2.01. The first-order valence-electron chi connectivity index (χ1n) is 3.73. The predicted octanol–water partition coefficient (Wildman–Crippen LogP) is 1.98. The lowest BCUT2D eigenvalue weighted by Gasteiger charge is -1.98. The minimum atomic E-state index is 0.0961. The maximum atomic E-state index is 11.3. The predicted molar refractivity (Wildman–Crippen MR) is 52.1 cm³/mol. The van der Waals surface area contributed by atoms with Gasteiger partial charge in [-0.05, 0) is 18.7 Å². The van der Waals surface area contributed by atoms with Gasteiger partial charge in [0, 0.05) is 16.5 Å². The van der Waals surface area contributed by atoms with Crippen LogP contribution in [0.3, 0.4) is 0 Å². The molecule has 2 nitrogen and oxygen atoms in total. The van der Waals surface area contributed by atoms with Crippen LogP contribution in [0.25, 0.3) is 0 Å². The van der Waals surface area contributed by atoms with Gasteiger partial charge in [-0.15, -0.1) is 0 Å². The highest BCUT2D eigenvalue weighted by atomic mass is 79.9. The van der Waals surface area contributed by atoms with Crippen molar-refractivity contribution < 1.29 is 4.79 Å². The zero-order chi connectivity index (χ0) is 8.97. The zero-order valence-corrected chi connectivity index (χ0v) is 8.17. The molecular weight excluding hydrogens is 218 g/mol. The van der Waals surface area contributed by atoms with Crippen LogP contribution >= 0.6 is 15.9 Å². The van der Waals surface area contributed by atoms with E-state index < -0.39 is 0 Å². The molecule has 64 valence electrons. The van der Waals surface area contributed by atoms with Crippen molar-refractivity contribution in [3.63, 3.8) is 0 Å². The van der Waals surface area contributed by atoms with E-state index in [1.165, 1.54) is 0 Å². The Hall–Kier alpha value is -0.670. The van der Waals surface area contributed by atoms with Crippen LogP contribution in [0.4, 0.5) is 0 Å². The molecule has 1 aromatic carbocycles. The van der Waals surface area contributed by atoms with Crippen molar-refractivity contribution in [3.05, 3.63) is 34.3 Å². The molecule has 0 aliphatic rings. The van der Waals surface area contributed by atoms with Crippen LogP contribution in [0, 0.1) is 0 Å². The SMILES string of the molecule is NCCC(=O)c1cccc(Br)c1. The molecule has 0 saturated carbocycles. The van der Waals surface area contributed by atoms with Crippen molar-refractivity contribution >= 4 is 21.7 Å². The lowest BCUT2D eigenvalue weighted by atomic mass is 10.1. The molecule has 1 aromatic rings. The molecule has 0 radical (unpaired) electrons. The Kier molecular flexibility index (Phi) is 3.44. The Morgan fingerprint density at radius 2 is 2.25 bits per heavy atom. The molecule has 0 spiro atoms. The topological polar surface area (TPSA) is 43.1 Å². The molecule has 0 saturated heterocycles. The Morgan fingerprint density at radius 3 is 2.83 bits per heavy atom. The number of carbonyl (C=O) groups is 1. The molecule has 0 aromatic heterocycles. The third-order valence-electron chi connectivity index (χ3n) is 1.52. The minimum Gasteiger partial charge on any atom is -0.330 e. The van der Waals surface area contributed by atoms with E-state index in [0.29, 0.717) is 13.0 Å². The van der Waals surface area contributed by atoms with Gasteiger partial charge in [-0.3, -0.25) is 4.79 Å². The third kappa shape index (κ3) is 2.43. The van der Waals surface area contributed by atoms with Gasteiger partial charge < -0.3 is 5.73 Å². The van der Waals surface area contributed by atoms with Crippen LogP contribution in [0.1, 0.15) is 16.8 Å². The van der Waals surface area contributed by atoms with E-state index in [2.05, 4.69) is 15.9 Å². The number of Topliss-reactive ketones (excluding diaryl/α,β-unsaturated/α-hetero) is 1. The summed E-state index contributed by atoms with van der Waals surface area (Å²) >= 11 is 3.30. The standard InChI is InChI=1S/C9H10BrNO/c10-8-3-1-2-7(6-8)9(12)4-5-11/h1-3,6H,4-5,11H2. The van der Waals surface area contributed by atoms with E-state index in [1.807, 2.05) is 12.1 Å². The summed E-state index contributed by atoms with van der Waals surface area (Å²) in [6.07, 6.45) is 0.413. The highest BCUT2D eigenvalue weighted by Crippen LogP contribution is 2.12. The van der Waals surface area contributed by atoms with Crippen LogP contribution < -0.4 is 5.73 Å². The van der Waals surface area contributed by atoms with E-state index in [1.54, 1.807) is 12.1 Å². The molecular formula is C9H10BrNO. The summed E-state index contributed by atoms with van der Waals surface area (Å²) in [6, 6.07) is 7.33. The summed E-state index contributed by atoms with van der Waals surface area (Å²) in [4.78, 5) is 11.3. The van der Waals surface area contributed by atoms with Gasteiger partial charge in [0.15, 0.2) is 5.78 Å². The first-order valence-corrected chi connectivity index (χ1v) is 4.52. The zero-order valence-electron chi connectivity index (χ0n) is 6.59. The van der Waals surface area contributed by atoms with Gasteiger partial charge in [0.25, 0.3) is 0 Å². The molecule has 1 rings (SSSR count). The highest BCUT2D eigenvalue weighted by molar-refractivity contribution is 9.10. The molecule has 3 heteroatoms. The average molecular weight is 228 g/mol. The summed E-state index contributed by atoms with van der Waals surface area (Å²) in [7, 11) is 0. The molecule has 0 atom stereocenters. The number of hydrogen-bond donors (Lipinski definition) is 1. The van der Waals surface area contributed by atoms with E-state index in [4.69, 9.17) is 5.73 Å². The van der Waals surface area contributed by atoms with Crippen LogP contribution in [-0.4, -0.2) is 12.3 Å². The van der Waals surface area contributed by atoms with Crippen LogP contribution in [-0.2, 0) is 0 Å². The smallest absolute Gasteiger partial charge is 0.164 e. The fourth-order valence-corrected chi connectivity index (χ4v) is 1.34. The van der Waals surface area contributed by atoms with Gasteiger partial charge in [-0.2, -0.15) is 0 Å². The summed E-state index contributed by atoms with van der Waals surface area (Å²) in [6.45, 7) is 0.408. The molecule has 0 unspecified atom stereocenters. The fraction of sp³-hybridized carbons (Fsp3) is 0.222. The van der Waals surface area contributed by atoms with Gasteiger partial charge in [-0.1, -0.05) is 28.1 Å². The quantitative estimate of drug-likeness (QED) is 0.803. The van der Waals surface area contributed by atoms with Crippen molar-refractivity contribution in [2.75, 3.05) is 6.54 Å². The molecule has 0 amide bonds. The molecule has 12 heavy (non-hydrogen) atoms. The number of carbonyl (C=O) groups excluding carboxylic acids is 1. The van der Waals surface area contributed by atoms with Crippen molar-refractivity contribution in [1.82, 2.24) is 0 Å². The van der Waals surface area contributed by atoms with E-state index in [-0.39, 0.29) is 5.78 Å². The highest BCUT2D eigenvalue weighted by Gasteiger charge is 2.03. The van der Waals surface area contributed by atoms with Crippen molar-refractivity contribution in [2.45, 2.75) is 6.42 Å². The normalized spacial score (nSPS) is 9.83. The maximum absolute atomic E-state index is 11.3. The lowest BCUT2D eigenvalue weighted by Crippen LogP contribution is -2.07. The van der Waals surface area contributed by atoms with Crippen LogP contribution in [0.5, 0.6) is 0 Å². The van der Waals surface area contributed by atoms with E-state index >= 15 is 0 Å². The Labute approximate surface area is 79.9 Å².